The maximum atomic E-state index is 11.7. The van der Waals surface area contributed by atoms with Gasteiger partial charge in [0.2, 0.25) is 0 Å². The van der Waals surface area contributed by atoms with Crippen LogP contribution in [0.2, 0.25) is 0 Å². The summed E-state index contributed by atoms with van der Waals surface area (Å²) in [6, 6.07) is 9.58. The fraction of sp³-hybridized carbons (Fsp3) is 0.467. The van der Waals surface area contributed by atoms with Crippen LogP contribution < -0.4 is 0 Å². The van der Waals surface area contributed by atoms with Crippen LogP contribution in [0, 0.1) is 5.92 Å². The first-order valence-corrected chi connectivity index (χ1v) is 6.31. The van der Waals surface area contributed by atoms with Crippen LogP contribution in [-0.4, -0.2) is 11.8 Å². The summed E-state index contributed by atoms with van der Waals surface area (Å²) in [6.07, 6.45) is 0.877. The van der Waals surface area contributed by atoms with Gasteiger partial charge in [0.05, 0.1) is 6.42 Å². The van der Waals surface area contributed by atoms with Crippen LogP contribution in [0.1, 0.15) is 38.7 Å². The Bertz CT molecular complexity index is 432. The van der Waals surface area contributed by atoms with Gasteiger partial charge in [-0.15, -0.1) is 0 Å². The molecule has 0 amide bonds. The van der Waals surface area contributed by atoms with E-state index in [2.05, 4.69) is 13.8 Å². The number of benzene rings is 1. The van der Waals surface area contributed by atoms with Gasteiger partial charge in [0, 0.05) is 0 Å². The Morgan fingerprint density at radius 1 is 1.22 bits per heavy atom. The van der Waals surface area contributed by atoms with Crippen molar-refractivity contribution < 1.29 is 14.3 Å². The SMILES string of the molecule is CC(C)CC1(c2ccccc2)CC(=O)CC(=O)O1. The lowest BCUT2D eigenvalue weighted by atomic mass is 9.79. The van der Waals surface area contributed by atoms with E-state index in [0.29, 0.717) is 18.8 Å². The Kier molecular flexibility index (Phi) is 3.50. The predicted octanol–water partition coefficient (Wildman–Crippen LogP) is 2.83. The minimum atomic E-state index is -0.762. The van der Waals surface area contributed by atoms with Crippen LogP contribution >= 0.6 is 0 Å². The molecular weight excluding hydrogens is 228 g/mol. The number of carbonyl (C=O) groups excluding carboxylic acids is 2. The van der Waals surface area contributed by atoms with Gasteiger partial charge in [0.15, 0.2) is 0 Å². The van der Waals surface area contributed by atoms with E-state index in [1.54, 1.807) is 0 Å². The minimum Gasteiger partial charge on any atom is -0.453 e. The fourth-order valence-electron chi connectivity index (χ4n) is 2.63. The van der Waals surface area contributed by atoms with E-state index in [0.717, 1.165) is 5.56 Å². The summed E-state index contributed by atoms with van der Waals surface area (Å²) in [7, 11) is 0. The van der Waals surface area contributed by atoms with Crippen molar-refractivity contribution in [3.8, 4) is 0 Å². The Morgan fingerprint density at radius 2 is 1.89 bits per heavy atom. The normalized spacial score (nSPS) is 24.2. The Labute approximate surface area is 107 Å². The third-order valence-electron chi connectivity index (χ3n) is 3.17. The molecule has 1 heterocycles. The largest absolute Gasteiger partial charge is 0.453 e. The van der Waals surface area contributed by atoms with Crippen LogP contribution in [0.15, 0.2) is 30.3 Å². The molecular formula is C15H18O3. The maximum absolute atomic E-state index is 11.7. The van der Waals surface area contributed by atoms with E-state index in [1.165, 1.54) is 0 Å². The lowest BCUT2D eigenvalue weighted by Gasteiger charge is -2.37. The average Bonchev–Trinajstić information content (AvgIpc) is 2.27. The number of ketones is 1. The molecule has 3 heteroatoms. The van der Waals surface area contributed by atoms with Gasteiger partial charge < -0.3 is 4.74 Å². The molecule has 1 aromatic rings. The molecule has 2 rings (SSSR count). The summed E-state index contributed by atoms with van der Waals surface area (Å²) in [5.41, 5.74) is 0.155. The van der Waals surface area contributed by atoms with Gasteiger partial charge in [0.1, 0.15) is 17.8 Å². The molecule has 0 bridgehead atoms. The number of hydrogen-bond acceptors (Lipinski definition) is 3. The summed E-state index contributed by atoms with van der Waals surface area (Å²) < 4.78 is 5.58. The zero-order valence-electron chi connectivity index (χ0n) is 10.8. The Morgan fingerprint density at radius 3 is 2.44 bits per heavy atom. The highest BCUT2D eigenvalue weighted by Gasteiger charge is 2.43. The standard InChI is InChI=1S/C15H18O3/c1-11(2)9-15(12-6-4-3-5-7-12)10-13(16)8-14(17)18-15/h3-7,11H,8-10H2,1-2H3. The van der Waals surface area contributed by atoms with E-state index >= 15 is 0 Å². The van der Waals surface area contributed by atoms with Crippen molar-refractivity contribution in [2.45, 2.75) is 38.7 Å². The Balaban J connectivity index is 2.40. The molecule has 1 unspecified atom stereocenters. The number of rotatable bonds is 3. The molecule has 0 radical (unpaired) electrons. The first kappa shape index (κ1) is 12.8. The number of carbonyl (C=O) groups is 2. The van der Waals surface area contributed by atoms with Crippen molar-refractivity contribution in [3.05, 3.63) is 35.9 Å². The predicted molar refractivity (Wildman–Crippen MR) is 67.9 cm³/mol. The quantitative estimate of drug-likeness (QED) is 0.608. The molecule has 0 aliphatic carbocycles. The second-order valence-electron chi connectivity index (χ2n) is 5.32. The van der Waals surface area contributed by atoms with Gasteiger partial charge >= 0.3 is 5.97 Å². The minimum absolute atomic E-state index is 0.0317. The summed E-state index contributed by atoms with van der Waals surface area (Å²) in [5.74, 6) is -0.0876. The van der Waals surface area contributed by atoms with Crippen LogP contribution in [0.5, 0.6) is 0 Å². The maximum Gasteiger partial charge on any atom is 0.314 e. The van der Waals surface area contributed by atoms with Gasteiger partial charge in [0.25, 0.3) is 0 Å². The number of Topliss-reactive ketones (excluding diaryl/α,β-unsaturated/α-hetero) is 1. The monoisotopic (exact) mass is 246 g/mol. The van der Waals surface area contributed by atoms with Crippen LogP contribution in [0.25, 0.3) is 0 Å². The molecule has 0 N–H and O–H groups in total. The first-order valence-electron chi connectivity index (χ1n) is 6.31. The van der Waals surface area contributed by atoms with Crippen molar-refractivity contribution in [2.24, 2.45) is 5.92 Å². The molecule has 1 aliphatic rings. The van der Waals surface area contributed by atoms with E-state index in [4.69, 9.17) is 4.74 Å². The topological polar surface area (TPSA) is 43.4 Å². The van der Waals surface area contributed by atoms with Crippen molar-refractivity contribution in [1.29, 1.82) is 0 Å². The Hall–Kier alpha value is -1.64. The number of ether oxygens (including phenoxy) is 1. The van der Waals surface area contributed by atoms with Crippen molar-refractivity contribution in [3.63, 3.8) is 0 Å². The van der Waals surface area contributed by atoms with Crippen molar-refractivity contribution in [2.75, 3.05) is 0 Å². The highest BCUT2D eigenvalue weighted by molar-refractivity contribution is 5.98. The number of cyclic esters (lactones) is 1. The molecule has 1 atom stereocenters. The highest BCUT2D eigenvalue weighted by Crippen LogP contribution is 2.39. The van der Waals surface area contributed by atoms with Crippen LogP contribution in [0.3, 0.4) is 0 Å². The van der Waals surface area contributed by atoms with Gasteiger partial charge in [-0.1, -0.05) is 44.2 Å². The molecule has 1 aromatic carbocycles. The molecule has 0 saturated carbocycles. The molecule has 3 nitrogen and oxygen atoms in total. The lowest BCUT2D eigenvalue weighted by Crippen LogP contribution is -2.41. The van der Waals surface area contributed by atoms with Crippen LogP contribution in [-0.2, 0) is 19.9 Å². The zero-order chi connectivity index (χ0) is 13.2. The second kappa shape index (κ2) is 4.92. The van der Waals surface area contributed by atoms with E-state index in [9.17, 15) is 9.59 Å². The van der Waals surface area contributed by atoms with E-state index < -0.39 is 11.6 Å². The molecule has 1 aliphatic heterocycles. The summed E-state index contributed by atoms with van der Waals surface area (Å²) in [5, 5.41) is 0. The van der Waals surface area contributed by atoms with Crippen molar-refractivity contribution >= 4 is 11.8 Å². The van der Waals surface area contributed by atoms with Crippen molar-refractivity contribution in [1.82, 2.24) is 0 Å². The first-order chi connectivity index (χ1) is 8.52. The number of esters is 1. The van der Waals surface area contributed by atoms with Gasteiger partial charge in [-0.2, -0.15) is 0 Å². The molecule has 0 aromatic heterocycles. The molecule has 1 fully saturated rings. The number of hydrogen-bond donors (Lipinski definition) is 0. The fourth-order valence-corrected chi connectivity index (χ4v) is 2.63. The average molecular weight is 246 g/mol. The van der Waals surface area contributed by atoms with Gasteiger partial charge in [-0.05, 0) is 17.9 Å². The van der Waals surface area contributed by atoms with E-state index in [1.807, 2.05) is 30.3 Å². The second-order valence-corrected chi connectivity index (χ2v) is 5.32. The summed E-state index contributed by atoms with van der Waals surface area (Å²) in [4.78, 5) is 23.3. The molecule has 1 saturated heterocycles. The smallest absolute Gasteiger partial charge is 0.314 e. The third kappa shape index (κ3) is 2.61. The summed E-state index contributed by atoms with van der Waals surface area (Å²) >= 11 is 0. The molecule has 0 spiro atoms. The zero-order valence-corrected chi connectivity index (χ0v) is 10.8. The third-order valence-corrected chi connectivity index (χ3v) is 3.17. The highest BCUT2D eigenvalue weighted by atomic mass is 16.6. The summed E-state index contributed by atoms with van der Waals surface area (Å²) in [6.45, 7) is 4.13. The van der Waals surface area contributed by atoms with Gasteiger partial charge in [-0.3, -0.25) is 9.59 Å². The molecule has 18 heavy (non-hydrogen) atoms. The lowest BCUT2D eigenvalue weighted by molar-refractivity contribution is -0.174. The molecule has 96 valence electrons. The van der Waals surface area contributed by atoms with E-state index in [-0.39, 0.29) is 12.2 Å². The van der Waals surface area contributed by atoms with Crippen LogP contribution in [0.4, 0.5) is 0 Å². The van der Waals surface area contributed by atoms with Gasteiger partial charge in [-0.25, -0.2) is 0 Å².